The fraction of sp³-hybridized carbons (Fsp3) is 0.212. The fourth-order valence-corrected chi connectivity index (χ4v) is 6.16. The molecule has 16 nitrogen and oxygen atoms in total. The molecule has 0 radical (unpaired) electrons. The first-order valence-electron chi connectivity index (χ1n) is 15.3. The van der Waals surface area contributed by atoms with Crippen molar-refractivity contribution < 1.29 is 33.3 Å². The third-order valence-corrected chi connectivity index (χ3v) is 8.63. The zero-order valence-electron chi connectivity index (χ0n) is 26.2. The second-order valence-corrected chi connectivity index (χ2v) is 12.1. The number of amides is 2. The Labute approximate surface area is 286 Å². The van der Waals surface area contributed by atoms with Crippen molar-refractivity contribution in [1.82, 2.24) is 14.5 Å². The van der Waals surface area contributed by atoms with Crippen LogP contribution in [-0.4, -0.2) is 56.0 Å². The number of non-ortho nitro benzene ring substituents is 2. The number of nitro benzene ring substituents is 2. The highest BCUT2D eigenvalue weighted by Gasteiger charge is 2.18. The van der Waals surface area contributed by atoms with Gasteiger partial charge in [0.15, 0.2) is 22.2 Å². The fourth-order valence-electron chi connectivity index (χ4n) is 5.24. The number of nitrogens with zero attached hydrogens (tertiary/aromatic N) is 5. The minimum atomic E-state index is -0.837. The van der Waals surface area contributed by atoms with E-state index in [4.69, 9.17) is 13.9 Å². The summed E-state index contributed by atoms with van der Waals surface area (Å²) in [6, 6.07) is 13.5. The normalized spacial score (nSPS) is 13.9. The average Bonchev–Trinajstić information content (AvgIpc) is 3.82. The van der Waals surface area contributed by atoms with Crippen LogP contribution in [0.1, 0.15) is 24.8 Å². The van der Waals surface area contributed by atoms with Gasteiger partial charge in [-0.3, -0.25) is 34.4 Å². The first kappa shape index (κ1) is 33.5. The van der Waals surface area contributed by atoms with Gasteiger partial charge in [0, 0.05) is 37.4 Å². The maximum Gasteiger partial charge on any atom is 0.420 e. The van der Waals surface area contributed by atoms with Crippen molar-refractivity contribution in [3.05, 3.63) is 109 Å². The predicted octanol–water partition coefficient (Wildman–Crippen LogP) is 5.66. The predicted molar refractivity (Wildman–Crippen MR) is 183 cm³/mol. The molecular formula is C33H28N6O10S. The lowest BCUT2D eigenvalue weighted by Gasteiger charge is -2.25. The van der Waals surface area contributed by atoms with E-state index in [0.717, 1.165) is 65.0 Å². The molecule has 2 aliphatic rings. The number of likely N-dealkylation sites (tertiary alicyclic amines) is 1. The number of thiazole rings is 1. The van der Waals surface area contributed by atoms with E-state index in [-0.39, 0.29) is 40.3 Å². The summed E-state index contributed by atoms with van der Waals surface area (Å²) in [7, 11) is 0. The highest BCUT2D eigenvalue weighted by atomic mass is 32.1. The molecule has 0 spiro atoms. The quantitative estimate of drug-likeness (QED) is 0.0906. The highest BCUT2D eigenvalue weighted by molar-refractivity contribution is 7.22. The second-order valence-electron chi connectivity index (χ2n) is 11.1. The van der Waals surface area contributed by atoms with Crippen molar-refractivity contribution in [2.45, 2.75) is 25.8 Å². The van der Waals surface area contributed by atoms with E-state index in [0.29, 0.717) is 10.2 Å². The Morgan fingerprint density at radius 3 is 2.44 bits per heavy atom. The zero-order valence-corrected chi connectivity index (χ0v) is 27.0. The van der Waals surface area contributed by atoms with Crippen LogP contribution in [0, 0.1) is 20.2 Å². The van der Waals surface area contributed by atoms with Crippen LogP contribution in [0.4, 0.5) is 16.5 Å². The Bertz CT molecular complexity index is 2230. The molecule has 17 heteroatoms. The summed E-state index contributed by atoms with van der Waals surface area (Å²) in [5.74, 6) is 0.232. The third-order valence-electron chi connectivity index (χ3n) is 7.70. The Morgan fingerprint density at radius 2 is 1.66 bits per heavy atom. The van der Waals surface area contributed by atoms with Crippen LogP contribution in [0.5, 0.6) is 11.5 Å². The van der Waals surface area contributed by atoms with Crippen molar-refractivity contribution in [1.29, 1.82) is 0 Å². The standard InChI is InChI=1S/C17H19NO3.C16H9N5O7S/c19-17(18-10-4-1-5-11-18)7-3-2-6-14-8-9-15-16(12-14)21-13-20-15;22-14(18-15-17-10-3-1-9(21(26)27)6-13(10)29-15)7-19-11-4-2-8(20(24)25)5-12(11)28-16(19)23/h2-3,6-9,12H,1,4-5,10-11,13H2;1-6H,7H2,(H,17,18,22). The first-order chi connectivity index (χ1) is 24.1. The lowest BCUT2D eigenvalue weighted by molar-refractivity contribution is -0.384. The third kappa shape index (κ3) is 7.84. The molecule has 256 valence electrons. The molecule has 50 heavy (non-hydrogen) atoms. The summed E-state index contributed by atoms with van der Waals surface area (Å²) < 4.78 is 17.1. The van der Waals surface area contributed by atoms with Gasteiger partial charge in [-0.15, -0.1) is 0 Å². The number of nitrogens with one attached hydrogen (secondary N) is 1. The highest BCUT2D eigenvalue weighted by Crippen LogP contribution is 2.33. The van der Waals surface area contributed by atoms with E-state index < -0.39 is 28.1 Å². The van der Waals surface area contributed by atoms with Gasteiger partial charge in [-0.2, -0.15) is 0 Å². The van der Waals surface area contributed by atoms with Crippen LogP contribution >= 0.6 is 11.3 Å². The molecule has 2 aliphatic heterocycles. The summed E-state index contributed by atoms with van der Waals surface area (Å²) in [5.41, 5.74) is 1.39. The van der Waals surface area contributed by atoms with E-state index in [2.05, 4.69) is 10.3 Å². The zero-order chi connectivity index (χ0) is 35.2. The number of piperidine rings is 1. The summed E-state index contributed by atoms with van der Waals surface area (Å²) in [5, 5.41) is 24.4. The van der Waals surface area contributed by atoms with Crippen molar-refractivity contribution in [2.75, 3.05) is 25.2 Å². The number of fused-ring (bicyclic) bond motifs is 3. The van der Waals surface area contributed by atoms with Gasteiger partial charge >= 0.3 is 5.76 Å². The number of benzene rings is 3. The van der Waals surface area contributed by atoms with Gasteiger partial charge < -0.3 is 24.1 Å². The van der Waals surface area contributed by atoms with Gasteiger partial charge in [0.05, 0.1) is 31.6 Å². The first-order valence-corrected chi connectivity index (χ1v) is 16.1. The molecule has 1 fully saturated rings. The van der Waals surface area contributed by atoms with E-state index >= 15 is 0 Å². The van der Waals surface area contributed by atoms with Gasteiger partial charge in [0.1, 0.15) is 6.54 Å². The number of nitro groups is 2. The number of aromatic nitrogens is 2. The lowest BCUT2D eigenvalue weighted by Crippen LogP contribution is -2.34. The molecular weight excluding hydrogens is 672 g/mol. The van der Waals surface area contributed by atoms with Gasteiger partial charge in [0.2, 0.25) is 18.6 Å². The lowest BCUT2D eigenvalue weighted by atomic mass is 10.1. The van der Waals surface area contributed by atoms with Crippen molar-refractivity contribution in [2.24, 2.45) is 0 Å². The number of carbonyl (C=O) groups is 2. The largest absolute Gasteiger partial charge is 0.454 e. The average molecular weight is 701 g/mol. The maximum atomic E-state index is 12.3. The molecule has 0 saturated carbocycles. The number of hydrogen-bond donors (Lipinski definition) is 1. The van der Waals surface area contributed by atoms with Gasteiger partial charge in [-0.1, -0.05) is 35.6 Å². The Kier molecular flexibility index (Phi) is 9.94. The van der Waals surface area contributed by atoms with E-state index in [1.807, 2.05) is 35.3 Å². The second kappa shape index (κ2) is 14.8. The molecule has 2 aromatic heterocycles. The molecule has 0 unspecified atom stereocenters. The van der Waals surface area contributed by atoms with Crippen molar-refractivity contribution in [3.63, 3.8) is 0 Å². The molecule has 0 aliphatic carbocycles. The van der Waals surface area contributed by atoms with Crippen LogP contribution in [0.25, 0.3) is 27.4 Å². The molecule has 0 atom stereocenters. The smallest absolute Gasteiger partial charge is 0.420 e. The number of ether oxygens (including phenoxy) is 2. The van der Waals surface area contributed by atoms with Crippen molar-refractivity contribution >= 4 is 67.0 Å². The molecule has 1 N–H and O–H groups in total. The van der Waals surface area contributed by atoms with Crippen LogP contribution < -0.4 is 20.5 Å². The number of carbonyl (C=O) groups excluding carboxylic acids is 2. The topological polar surface area (TPSA) is 202 Å². The number of allylic oxidation sites excluding steroid dienone is 2. The van der Waals surface area contributed by atoms with Crippen LogP contribution in [0.2, 0.25) is 0 Å². The molecule has 2 amide bonds. The van der Waals surface area contributed by atoms with Gasteiger partial charge in [-0.05, 0) is 49.1 Å². The van der Waals surface area contributed by atoms with E-state index in [1.54, 1.807) is 12.2 Å². The molecule has 5 aromatic rings. The SMILES string of the molecule is O=C(C=CC=Cc1ccc2c(c1)OCO2)N1CCCCC1.O=C(Cn1c(=O)oc2cc([N+](=O)[O-])ccc21)Nc1nc2ccc([N+](=O)[O-])cc2s1. The summed E-state index contributed by atoms with van der Waals surface area (Å²) >= 11 is 1.05. The molecule has 1 saturated heterocycles. The minimum Gasteiger partial charge on any atom is -0.454 e. The number of oxazole rings is 1. The molecule has 3 aromatic carbocycles. The Balaban J connectivity index is 0.000000182. The monoisotopic (exact) mass is 700 g/mol. The molecule has 7 rings (SSSR count). The summed E-state index contributed by atoms with van der Waals surface area (Å²) in [4.78, 5) is 62.9. The van der Waals surface area contributed by atoms with Crippen LogP contribution in [0.3, 0.4) is 0 Å². The van der Waals surface area contributed by atoms with Gasteiger partial charge in [0.25, 0.3) is 11.4 Å². The van der Waals surface area contributed by atoms with E-state index in [9.17, 15) is 34.6 Å². The van der Waals surface area contributed by atoms with Gasteiger partial charge in [-0.25, -0.2) is 9.78 Å². The summed E-state index contributed by atoms with van der Waals surface area (Å²) in [6.07, 6.45) is 10.7. The van der Waals surface area contributed by atoms with Crippen LogP contribution in [0.15, 0.2) is 82.0 Å². The summed E-state index contributed by atoms with van der Waals surface area (Å²) in [6.45, 7) is 1.65. The number of anilines is 1. The van der Waals surface area contributed by atoms with Crippen molar-refractivity contribution in [3.8, 4) is 11.5 Å². The van der Waals surface area contributed by atoms with Crippen LogP contribution in [-0.2, 0) is 16.1 Å². The van der Waals surface area contributed by atoms with E-state index in [1.165, 1.54) is 36.8 Å². The Morgan fingerprint density at radius 1 is 0.920 bits per heavy atom. The molecule has 0 bridgehead atoms. The molecule has 4 heterocycles. The Hall–Kier alpha value is -6.36. The number of hydrogen-bond acceptors (Lipinski definition) is 12. The minimum absolute atomic E-state index is 0.00991. The number of rotatable bonds is 8. The maximum absolute atomic E-state index is 12.3.